The van der Waals surface area contributed by atoms with E-state index in [1.807, 2.05) is 0 Å². The van der Waals surface area contributed by atoms with Gasteiger partial charge in [-0.1, -0.05) is 26.7 Å². The van der Waals surface area contributed by atoms with E-state index in [-0.39, 0.29) is 12.1 Å². The minimum Gasteiger partial charge on any atom is -0.463 e. The number of unbranched alkanes of at least 4 members (excludes halogenated alkanes) is 1. The van der Waals surface area contributed by atoms with Crippen molar-refractivity contribution in [2.75, 3.05) is 0 Å². The Bertz CT molecular complexity index is 213. The van der Waals surface area contributed by atoms with Crippen LogP contribution in [0.4, 0.5) is 0 Å². The van der Waals surface area contributed by atoms with E-state index in [2.05, 4.69) is 13.8 Å². The molecular formula is C13H24O2. The van der Waals surface area contributed by atoms with Gasteiger partial charge in [0.25, 0.3) is 0 Å². The summed E-state index contributed by atoms with van der Waals surface area (Å²) >= 11 is 0. The van der Waals surface area contributed by atoms with Gasteiger partial charge in [0, 0.05) is 6.92 Å². The minimum absolute atomic E-state index is 0.125. The molecule has 0 N–H and O–H groups in total. The average Bonchev–Trinajstić information content (AvgIpc) is 2.14. The second-order valence-corrected chi connectivity index (χ2v) is 5.24. The highest BCUT2D eigenvalue weighted by Gasteiger charge is 2.32. The van der Waals surface area contributed by atoms with Crippen LogP contribution in [0.3, 0.4) is 0 Å². The summed E-state index contributed by atoms with van der Waals surface area (Å²) in [6.07, 6.45) is 8.63. The molecule has 2 unspecified atom stereocenters. The molecule has 0 aromatic heterocycles. The van der Waals surface area contributed by atoms with Crippen LogP contribution < -0.4 is 0 Å². The Morgan fingerprint density at radius 3 is 2.87 bits per heavy atom. The lowest BCUT2D eigenvalue weighted by Gasteiger charge is -2.37. The third-order valence-corrected chi connectivity index (χ3v) is 3.49. The maximum Gasteiger partial charge on any atom is 0.302 e. The lowest BCUT2D eigenvalue weighted by atomic mass is 9.71. The molecule has 2 atom stereocenters. The average molecular weight is 212 g/mol. The molecule has 0 aromatic carbocycles. The summed E-state index contributed by atoms with van der Waals surface area (Å²) in [5.74, 6) is -0.125. The minimum atomic E-state index is -0.125. The fraction of sp³-hybridized carbons (Fsp3) is 0.923. The number of carbonyl (C=O) groups excluding carboxylic acids is 1. The van der Waals surface area contributed by atoms with Gasteiger partial charge in [-0.2, -0.15) is 0 Å². The van der Waals surface area contributed by atoms with Crippen molar-refractivity contribution < 1.29 is 9.53 Å². The molecule has 0 aliphatic heterocycles. The molecule has 1 fully saturated rings. The molecule has 0 heterocycles. The first-order chi connectivity index (χ1) is 7.06. The predicted octanol–water partition coefficient (Wildman–Crippen LogP) is 3.69. The van der Waals surface area contributed by atoms with Crippen LogP contribution in [0, 0.1) is 5.41 Å². The summed E-state index contributed by atoms with van der Waals surface area (Å²) in [6, 6.07) is 0. The molecule has 2 heteroatoms. The summed E-state index contributed by atoms with van der Waals surface area (Å²) in [6.45, 7) is 6.09. The topological polar surface area (TPSA) is 26.3 Å². The van der Waals surface area contributed by atoms with Gasteiger partial charge in [0.05, 0.1) is 0 Å². The van der Waals surface area contributed by atoms with Crippen molar-refractivity contribution in [2.45, 2.75) is 71.8 Å². The summed E-state index contributed by atoms with van der Waals surface area (Å²) in [4.78, 5) is 10.9. The highest BCUT2D eigenvalue weighted by atomic mass is 16.5. The molecular weight excluding hydrogens is 188 g/mol. The molecule has 2 nitrogen and oxygen atoms in total. The number of carbonyl (C=O) groups is 1. The van der Waals surface area contributed by atoms with Gasteiger partial charge in [-0.15, -0.1) is 0 Å². The SMILES string of the molecule is CCCCC1(C)CCCC(OC(C)=O)C1. The Hall–Kier alpha value is -0.530. The van der Waals surface area contributed by atoms with Crippen molar-refractivity contribution in [1.82, 2.24) is 0 Å². The van der Waals surface area contributed by atoms with E-state index in [0.29, 0.717) is 5.41 Å². The van der Waals surface area contributed by atoms with Crippen molar-refractivity contribution >= 4 is 5.97 Å². The van der Waals surface area contributed by atoms with Crippen molar-refractivity contribution in [3.8, 4) is 0 Å². The molecule has 1 aliphatic carbocycles. The van der Waals surface area contributed by atoms with E-state index in [1.54, 1.807) is 0 Å². The molecule has 1 rings (SSSR count). The van der Waals surface area contributed by atoms with E-state index in [4.69, 9.17) is 4.74 Å². The van der Waals surface area contributed by atoms with Gasteiger partial charge in [0.15, 0.2) is 0 Å². The molecule has 1 saturated carbocycles. The summed E-state index contributed by atoms with van der Waals surface area (Å²) < 4.78 is 5.33. The third-order valence-electron chi connectivity index (χ3n) is 3.49. The van der Waals surface area contributed by atoms with Crippen LogP contribution in [0.2, 0.25) is 0 Å². The number of hydrogen-bond donors (Lipinski definition) is 0. The lowest BCUT2D eigenvalue weighted by Crippen LogP contribution is -2.31. The van der Waals surface area contributed by atoms with Gasteiger partial charge in [-0.05, 0) is 37.5 Å². The molecule has 0 radical (unpaired) electrons. The zero-order valence-corrected chi connectivity index (χ0v) is 10.3. The lowest BCUT2D eigenvalue weighted by molar-refractivity contribution is -0.149. The summed E-state index contributed by atoms with van der Waals surface area (Å²) in [7, 11) is 0. The second kappa shape index (κ2) is 5.53. The first-order valence-electron chi connectivity index (χ1n) is 6.23. The number of rotatable bonds is 4. The molecule has 88 valence electrons. The smallest absolute Gasteiger partial charge is 0.302 e. The van der Waals surface area contributed by atoms with Crippen LogP contribution in [0.5, 0.6) is 0 Å². The molecule has 0 bridgehead atoms. The first-order valence-corrected chi connectivity index (χ1v) is 6.23. The van der Waals surface area contributed by atoms with Crippen molar-refractivity contribution in [3.05, 3.63) is 0 Å². The van der Waals surface area contributed by atoms with E-state index in [1.165, 1.54) is 39.0 Å². The fourth-order valence-electron chi connectivity index (χ4n) is 2.68. The number of hydrogen-bond acceptors (Lipinski definition) is 2. The highest BCUT2D eigenvalue weighted by molar-refractivity contribution is 5.66. The van der Waals surface area contributed by atoms with E-state index < -0.39 is 0 Å². The van der Waals surface area contributed by atoms with E-state index in [0.717, 1.165) is 12.8 Å². The number of esters is 1. The largest absolute Gasteiger partial charge is 0.463 e. The zero-order valence-electron chi connectivity index (χ0n) is 10.3. The maximum absolute atomic E-state index is 10.9. The Morgan fingerprint density at radius 1 is 1.53 bits per heavy atom. The standard InChI is InChI=1S/C13H24O2/c1-4-5-8-13(3)9-6-7-12(10-13)15-11(2)14/h12H,4-10H2,1-3H3. The number of ether oxygens (including phenoxy) is 1. The molecule has 0 saturated heterocycles. The van der Waals surface area contributed by atoms with E-state index >= 15 is 0 Å². The fourth-order valence-corrected chi connectivity index (χ4v) is 2.68. The quantitative estimate of drug-likeness (QED) is 0.664. The summed E-state index contributed by atoms with van der Waals surface area (Å²) in [5, 5.41) is 0. The van der Waals surface area contributed by atoms with Gasteiger partial charge in [0.2, 0.25) is 0 Å². The van der Waals surface area contributed by atoms with Crippen LogP contribution in [0.15, 0.2) is 0 Å². The molecule has 1 aliphatic rings. The maximum atomic E-state index is 10.9. The van der Waals surface area contributed by atoms with Crippen LogP contribution in [-0.4, -0.2) is 12.1 Å². The van der Waals surface area contributed by atoms with Gasteiger partial charge in [-0.3, -0.25) is 4.79 Å². The van der Waals surface area contributed by atoms with Gasteiger partial charge in [0.1, 0.15) is 6.10 Å². The Kier molecular flexibility index (Phi) is 4.62. The monoisotopic (exact) mass is 212 g/mol. The van der Waals surface area contributed by atoms with Crippen LogP contribution >= 0.6 is 0 Å². The van der Waals surface area contributed by atoms with Gasteiger partial charge >= 0.3 is 5.97 Å². The van der Waals surface area contributed by atoms with Crippen molar-refractivity contribution in [2.24, 2.45) is 5.41 Å². The predicted molar refractivity (Wildman–Crippen MR) is 61.7 cm³/mol. The third kappa shape index (κ3) is 4.23. The molecule has 15 heavy (non-hydrogen) atoms. The summed E-state index contributed by atoms with van der Waals surface area (Å²) in [5.41, 5.74) is 0.411. The van der Waals surface area contributed by atoms with Crippen molar-refractivity contribution in [3.63, 3.8) is 0 Å². The normalized spacial score (nSPS) is 31.3. The van der Waals surface area contributed by atoms with Crippen LogP contribution in [0.25, 0.3) is 0 Å². The van der Waals surface area contributed by atoms with Crippen LogP contribution in [-0.2, 0) is 9.53 Å². The zero-order chi connectivity index (χ0) is 11.3. The molecule has 0 amide bonds. The van der Waals surface area contributed by atoms with Gasteiger partial charge < -0.3 is 4.74 Å². The van der Waals surface area contributed by atoms with Crippen molar-refractivity contribution in [1.29, 1.82) is 0 Å². The molecule has 0 spiro atoms. The van der Waals surface area contributed by atoms with Gasteiger partial charge in [-0.25, -0.2) is 0 Å². The highest BCUT2D eigenvalue weighted by Crippen LogP contribution is 2.41. The first kappa shape index (κ1) is 12.5. The van der Waals surface area contributed by atoms with Crippen LogP contribution in [0.1, 0.15) is 65.7 Å². The molecule has 0 aromatic rings. The Labute approximate surface area is 93.4 Å². The Balaban J connectivity index is 2.42. The Morgan fingerprint density at radius 2 is 2.27 bits per heavy atom. The second-order valence-electron chi connectivity index (χ2n) is 5.24. The van der Waals surface area contributed by atoms with E-state index in [9.17, 15) is 4.79 Å².